The molecule has 2 nitrogen and oxygen atoms in total. The van der Waals surface area contributed by atoms with Crippen molar-refractivity contribution >= 4 is 0 Å². The number of hydrogen-bond acceptors (Lipinski definition) is 2. The maximum absolute atomic E-state index is 11.2. The fraction of sp³-hybridized carbons (Fsp3) is 0.647. The normalized spacial score (nSPS) is 31.3. The number of methoxy groups -OCH3 is 1. The molecule has 1 fully saturated rings. The van der Waals surface area contributed by atoms with Gasteiger partial charge in [0.1, 0.15) is 5.75 Å². The van der Waals surface area contributed by atoms with E-state index in [1.807, 2.05) is 0 Å². The van der Waals surface area contributed by atoms with E-state index >= 15 is 0 Å². The summed E-state index contributed by atoms with van der Waals surface area (Å²) < 4.78 is 5.60. The fourth-order valence-corrected chi connectivity index (χ4v) is 3.38. The first-order valence-electron chi connectivity index (χ1n) is 7.27. The van der Waals surface area contributed by atoms with Crippen molar-refractivity contribution in [3.05, 3.63) is 28.8 Å². The van der Waals surface area contributed by atoms with Crippen molar-refractivity contribution < 1.29 is 9.84 Å². The number of aryl methyl sites for hydroxylation is 1. The van der Waals surface area contributed by atoms with Crippen LogP contribution in [0, 0.1) is 25.7 Å². The summed E-state index contributed by atoms with van der Waals surface area (Å²) in [6, 6.07) is 4.15. The topological polar surface area (TPSA) is 29.5 Å². The summed E-state index contributed by atoms with van der Waals surface area (Å²) in [5.74, 6) is 1.70. The van der Waals surface area contributed by atoms with E-state index in [2.05, 4.69) is 39.8 Å². The molecule has 0 radical (unpaired) electrons. The predicted octanol–water partition coefficient (Wildman–Crippen LogP) is 3.96. The number of hydrogen-bond donors (Lipinski definition) is 1. The van der Waals surface area contributed by atoms with Crippen molar-refractivity contribution in [1.29, 1.82) is 0 Å². The summed E-state index contributed by atoms with van der Waals surface area (Å²) in [6.07, 6.45) is 3.11. The lowest BCUT2D eigenvalue weighted by molar-refractivity contribution is -0.0641. The molecule has 3 unspecified atom stereocenters. The van der Waals surface area contributed by atoms with Crippen LogP contribution in [0.2, 0.25) is 0 Å². The molecule has 0 saturated heterocycles. The molecule has 2 heteroatoms. The molecule has 0 spiro atoms. The average Bonchev–Trinajstić information content (AvgIpc) is 2.37. The Morgan fingerprint density at radius 1 is 1.21 bits per heavy atom. The molecule has 1 aromatic carbocycles. The van der Waals surface area contributed by atoms with E-state index in [1.54, 1.807) is 7.11 Å². The molecule has 0 heterocycles. The van der Waals surface area contributed by atoms with Crippen molar-refractivity contribution in [1.82, 2.24) is 0 Å². The molecule has 0 aliphatic heterocycles. The molecular formula is C17H26O2. The van der Waals surface area contributed by atoms with Gasteiger partial charge in [-0.2, -0.15) is 0 Å². The van der Waals surface area contributed by atoms with Crippen molar-refractivity contribution in [3.63, 3.8) is 0 Å². The van der Waals surface area contributed by atoms with Crippen LogP contribution in [-0.4, -0.2) is 12.2 Å². The number of benzene rings is 1. The average molecular weight is 262 g/mol. The Balaban J connectivity index is 2.53. The summed E-state index contributed by atoms with van der Waals surface area (Å²) in [5, 5.41) is 11.2. The van der Waals surface area contributed by atoms with E-state index < -0.39 is 5.60 Å². The zero-order valence-corrected chi connectivity index (χ0v) is 12.8. The lowest BCUT2D eigenvalue weighted by Crippen LogP contribution is -2.39. The van der Waals surface area contributed by atoms with Gasteiger partial charge in [0.15, 0.2) is 0 Å². The summed E-state index contributed by atoms with van der Waals surface area (Å²) >= 11 is 0. The molecule has 1 N–H and O–H groups in total. The number of rotatable bonds is 2. The van der Waals surface area contributed by atoms with Crippen LogP contribution >= 0.6 is 0 Å². The monoisotopic (exact) mass is 262 g/mol. The third-order valence-corrected chi connectivity index (χ3v) is 4.91. The van der Waals surface area contributed by atoms with Crippen molar-refractivity contribution in [3.8, 4) is 5.75 Å². The lowest BCUT2D eigenvalue weighted by Gasteiger charge is -2.42. The van der Waals surface area contributed by atoms with Crippen LogP contribution in [0.15, 0.2) is 12.1 Å². The Morgan fingerprint density at radius 3 is 2.53 bits per heavy atom. The van der Waals surface area contributed by atoms with Crippen LogP contribution in [0.4, 0.5) is 0 Å². The zero-order valence-electron chi connectivity index (χ0n) is 12.8. The van der Waals surface area contributed by atoms with Gasteiger partial charge in [0.2, 0.25) is 0 Å². The highest BCUT2D eigenvalue weighted by molar-refractivity contribution is 5.48. The minimum atomic E-state index is -0.749. The van der Waals surface area contributed by atoms with E-state index in [1.165, 1.54) is 12.0 Å². The molecule has 2 rings (SSSR count). The van der Waals surface area contributed by atoms with Gasteiger partial charge in [0.25, 0.3) is 0 Å². The molecule has 1 saturated carbocycles. The maximum Gasteiger partial charge on any atom is 0.128 e. The first kappa shape index (κ1) is 14.4. The van der Waals surface area contributed by atoms with Gasteiger partial charge in [-0.1, -0.05) is 32.4 Å². The summed E-state index contributed by atoms with van der Waals surface area (Å²) in [4.78, 5) is 0. The quantitative estimate of drug-likeness (QED) is 0.874. The third-order valence-electron chi connectivity index (χ3n) is 4.91. The van der Waals surface area contributed by atoms with E-state index in [4.69, 9.17) is 4.74 Å². The smallest absolute Gasteiger partial charge is 0.128 e. The molecule has 1 aliphatic rings. The standard InChI is InChI=1S/C17H26O2/c1-11-6-8-13(3)17(18,10-11)15-9-7-12(2)14(4)16(15)19-5/h7,9,11,13,18H,6,8,10H2,1-5H3. The van der Waals surface area contributed by atoms with Gasteiger partial charge >= 0.3 is 0 Å². The second kappa shape index (κ2) is 5.16. The largest absolute Gasteiger partial charge is 0.496 e. The zero-order chi connectivity index (χ0) is 14.2. The van der Waals surface area contributed by atoms with Gasteiger partial charge in [-0.05, 0) is 49.7 Å². The van der Waals surface area contributed by atoms with Gasteiger partial charge < -0.3 is 9.84 Å². The minimum absolute atomic E-state index is 0.278. The van der Waals surface area contributed by atoms with Crippen LogP contribution in [0.3, 0.4) is 0 Å². The van der Waals surface area contributed by atoms with Crippen LogP contribution < -0.4 is 4.74 Å². The molecule has 0 bridgehead atoms. The van der Waals surface area contributed by atoms with Crippen LogP contribution in [0.25, 0.3) is 0 Å². The Morgan fingerprint density at radius 2 is 1.89 bits per heavy atom. The van der Waals surface area contributed by atoms with Gasteiger partial charge in [-0.25, -0.2) is 0 Å². The highest BCUT2D eigenvalue weighted by Gasteiger charge is 2.42. The first-order chi connectivity index (χ1) is 8.90. The molecule has 19 heavy (non-hydrogen) atoms. The highest BCUT2D eigenvalue weighted by atomic mass is 16.5. The fourth-order valence-electron chi connectivity index (χ4n) is 3.38. The Kier molecular flexibility index (Phi) is 3.91. The molecule has 106 valence electrons. The first-order valence-corrected chi connectivity index (χ1v) is 7.27. The van der Waals surface area contributed by atoms with Gasteiger partial charge in [0, 0.05) is 5.56 Å². The Hall–Kier alpha value is -1.02. The molecule has 1 aliphatic carbocycles. The van der Waals surface area contributed by atoms with Gasteiger partial charge in [-0.15, -0.1) is 0 Å². The SMILES string of the molecule is COc1c(C2(O)CC(C)CCC2C)ccc(C)c1C. The summed E-state index contributed by atoms with van der Waals surface area (Å²) in [6.45, 7) is 8.53. The van der Waals surface area contributed by atoms with Crippen molar-refractivity contribution in [2.24, 2.45) is 11.8 Å². The highest BCUT2D eigenvalue weighted by Crippen LogP contribution is 2.47. The number of ether oxygens (including phenoxy) is 1. The van der Waals surface area contributed by atoms with E-state index in [-0.39, 0.29) is 5.92 Å². The second-order valence-electron chi connectivity index (χ2n) is 6.30. The minimum Gasteiger partial charge on any atom is -0.496 e. The van der Waals surface area contributed by atoms with Gasteiger partial charge in [-0.3, -0.25) is 0 Å². The van der Waals surface area contributed by atoms with E-state index in [0.717, 1.165) is 29.7 Å². The van der Waals surface area contributed by atoms with Crippen LogP contribution in [0.1, 0.15) is 49.8 Å². The lowest BCUT2D eigenvalue weighted by atomic mass is 9.68. The maximum atomic E-state index is 11.2. The van der Waals surface area contributed by atoms with Crippen molar-refractivity contribution in [2.45, 2.75) is 52.6 Å². The van der Waals surface area contributed by atoms with Crippen LogP contribution in [0.5, 0.6) is 5.75 Å². The molecule has 0 amide bonds. The summed E-state index contributed by atoms with van der Waals surface area (Å²) in [5.41, 5.74) is 2.57. The van der Waals surface area contributed by atoms with Crippen molar-refractivity contribution in [2.75, 3.05) is 7.11 Å². The second-order valence-corrected chi connectivity index (χ2v) is 6.30. The predicted molar refractivity (Wildman–Crippen MR) is 78.5 cm³/mol. The Bertz CT molecular complexity index is 467. The molecule has 3 atom stereocenters. The molecule has 1 aromatic rings. The third kappa shape index (κ3) is 2.38. The number of aliphatic hydroxyl groups is 1. The summed E-state index contributed by atoms with van der Waals surface area (Å²) in [7, 11) is 1.70. The van der Waals surface area contributed by atoms with Crippen LogP contribution in [-0.2, 0) is 5.60 Å². The Labute approximate surface area is 116 Å². The molecular weight excluding hydrogens is 236 g/mol. The van der Waals surface area contributed by atoms with E-state index in [9.17, 15) is 5.11 Å². The van der Waals surface area contributed by atoms with Gasteiger partial charge in [0.05, 0.1) is 12.7 Å². The molecule has 0 aromatic heterocycles. The van der Waals surface area contributed by atoms with E-state index in [0.29, 0.717) is 5.92 Å².